The number of sulfonamides is 1. The van der Waals surface area contributed by atoms with E-state index in [4.69, 9.17) is 4.74 Å². The zero-order valence-corrected chi connectivity index (χ0v) is 14.0. The predicted octanol–water partition coefficient (Wildman–Crippen LogP) is 1.45. The zero-order valence-electron chi connectivity index (χ0n) is 13.2. The fraction of sp³-hybridized carbons (Fsp3) is 0.625. The highest BCUT2D eigenvalue weighted by Crippen LogP contribution is 2.39. The number of nitrogens with one attached hydrogen (secondary N) is 1. The standard InChI is InChI=1S/C16H24N2O3S/c1-21-16-5-3-12(4-6-16)9-17-15-7-13-10-18(22(2,19)20)11-14(13)8-15/h3-6,13-15,17H,7-11H2,1-2H3/t13-,14+,15?. The second kappa shape index (κ2) is 6.18. The second-order valence-electron chi connectivity index (χ2n) is 6.50. The molecule has 3 rings (SSSR count). The van der Waals surface area contributed by atoms with Gasteiger partial charge in [0.1, 0.15) is 5.75 Å². The average molecular weight is 324 g/mol. The molecule has 0 amide bonds. The van der Waals surface area contributed by atoms with E-state index in [-0.39, 0.29) is 0 Å². The number of nitrogens with zero attached hydrogens (tertiary/aromatic N) is 1. The molecule has 122 valence electrons. The van der Waals surface area contributed by atoms with Crippen LogP contribution in [0, 0.1) is 11.8 Å². The summed E-state index contributed by atoms with van der Waals surface area (Å²) in [4.78, 5) is 0. The smallest absolute Gasteiger partial charge is 0.211 e. The first kappa shape index (κ1) is 15.8. The van der Waals surface area contributed by atoms with Gasteiger partial charge in [-0.25, -0.2) is 12.7 Å². The summed E-state index contributed by atoms with van der Waals surface area (Å²) in [7, 11) is -1.35. The minimum absolute atomic E-state index is 0.499. The van der Waals surface area contributed by atoms with Gasteiger partial charge >= 0.3 is 0 Å². The molecule has 0 aromatic heterocycles. The summed E-state index contributed by atoms with van der Waals surface area (Å²) >= 11 is 0. The van der Waals surface area contributed by atoms with E-state index in [1.165, 1.54) is 11.8 Å². The van der Waals surface area contributed by atoms with E-state index in [1.54, 1.807) is 11.4 Å². The van der Waals surface area contributed by atoms with Gasteiger partial charge in [0.05, 0.1) is 13.4 Å². The molecular formula is C16H24N2O3S. The molecule has 22 heavy (non-hydrogen) atoms. The van der Waals surface area contributed by atoms with Crippen molar-refractivity contribution in [3.63, 3.8) is 0 Å². The topological polar surface area (TPSA) is 58.6 Å². The van der Waals surface area contributed by atoms with Crippen LogP contribution in [0.3, 0.4) is 0 Å². The van der Waals surface area contributed by atoms with Gasteiger partial charge in [0, 0.05) is 25.7 Å². The van der Waals surface area contributed by atoms with Crippen LogP contribution in [0.2, 0.25) is 0 Å². The Bertz CT molecular complexity index is 601. The Hall–Kier alpha value is -1.11. The third kappa shape index (κ3) is 3.45. The maximum absolute atomic E-state index is 11.6. The van der Waals surface area contributed by atoms with Crippen LogP contribution in [0.5, 0.6) is 5.75 Å². The van der Waals surface area contributed by atoms with Crippen molar-refractivity contribution in [2.75, 3.05) is 26.5 Å². The molecule has 0 radical (unpaired) electrons. The molecule has 1 saturated heterocycles. The van der Waals surface area contributed by atoms with Crippen molar-refractivity contribution in [3.05, 3.63) is 29.8 Å². The van der Waals surface area contributed by atoms with E-state index < -0.39 is 10.0 Å². The van der Waals surface area contributed by atoms with Gasteiger partial charge in [-0.05, 0) is 42.4 Å². The Balaban J connectivity index is 1.49. The van der Waals surface area contributed by atoms with Crippen molar-refractivity contribution in [2.45, 2.75) is 25.4 Å². The molecule has 0 spiro atoms. The number of methoxy groups -OCH3 is 1. The van der Waals surface area contributed by atoms with Gasteiger partial charge in [-0.1, -0.05) is 12.1 Å². The Morgan fingerprint density at radius 3 is 2.27 bits per heavy atom. The molecule has 1 saturated carbocycles. The van der Waals surface area contributed by atoms with Gasteiger partial charge in [0.25, 0.3) is 0 Å². The van der Waals surface area contributed by atoms with Crippen molar-refractivity contribution in [1.29, 1.82) is 0 Å². The molecule has 1 unspecified atom stereocenters. The van der Waals surface area contributed by atoms with Crippen molar-refractivity contribution in [3.8, 4) is 5.75 Å². The highest BCUT2D eigenvalue weighted by atomic mass is 32.2. The summed E-state index contributed by atoms with van der Waals surface area (Å²) in [6.45, 7) is 2.25. The summed E-state index contributed by atoms with van der Waals surface area (Å²) in [5.41, 5.74) is 1.25. The molecule has 0 bridgehead atoms. The molecule has 1 N–H and O–H groups in total. The van der Waals surface area contributed by atoms with Gasteiger partial charge < -0.3 is 10.1 Å². The quantitative estimate of drug-likeness (QED) is 0.891. The maximum Gasteiger partial charge on any atom is 0.211 e. The molecule has 1 heterocycles. The van der Waals surface area contributed by atoms with Crippen LogP contribution in [0.25, 0.3) is 0 Å². The lowest BCUT2D eigenvalue weighted by Crippen LogP contribution is -2.32. The Morgan fingerprint density at radius 2 is 1.77 bits per heavy atom. The minimum atomic E-state index is -3.02. The third-order valence-corrected chi connectivity index (χ3v) is 6.18. The zero-order chi connectivity index (χ0) is 15.7. The van der Waals surface area contributed by atoms with Crippen molar-refractivity contribution < 1.29 is 13.2 Å². The first-order chi connectivity index (χ1) is 10.5. The van der Waals surface area contributed by atoms with Crippen LogP contribution in [0.4, 0.5) is 0 Å². The van der Waals surface area contributed by atoms with Crippen LogP contribution < -0.4 is 10.1 Å². The molecule has 3 atom stereocenters. The van der Waals surface area contributed by atoms with Gasteiger partial charge in [0.15, 0.2) is 0 Å². The lowest BCUT2D eigenvalue weighted by molar-refractivity contribution is 0.412. The largest absolute Gasteiger partial charge is 0.497 e. The summed E-state index contributed by atoms with van der Waals surface area (Å²) in [6, 6.07) is 8.60. The van der Waals surface area contributed by atoms with Crippen LogP contribution >= 0.6 is 0 Å². The van der Waals surface area contributed by atoms with Crippen LogP contribution in [0.15, 0.2) is 24.3 Å². The molecule has 2 aliphatic rings. The first-order valence-corrected chi connectivity index (χ1v) is 9.62. The number of hydrogen-bond acceptors (Lipinski definition) is 4. The predicted molar refractivity (Wildman–Crippen MR) is 86.3 cm³/mol. The first-order valence-electron chi connectivity index (χ1n) is 7.77. The fourth-order valence-corrected chi connectivity index (χ4v) is 4.62. The van der Waals surface area contributed by atoms with Crippen molar-refractivity contribution in [2.24, 2.45) is 11.8 Å². The van der Waals surface area contributed by atoms with Crippen LogP contribution in [-0.4, -0.2) is 45.2 Å². The lowest BCUT2D eigenvalue weighted by atomic mass is 10.0. The number of benzene rings is 1. The van der Waals surface area contributed by atoms with Crippen molar-refractivity contribution >= 4 is 10.0 Å². The molecule has 1 aliphatic heterocycles. The Kier molecular flexibility index (Phi) is 4.43. The average Bonchev–Trinajstić information content (AvgIpc) is 3.03. The normalized spacial score (nSPS) is 28.7. The molecule has 2 fully saturated rings. The van der Waals surface area contributed by atoms with Gasteiger partial charge in [-0.3, -0.25) is 0 Å². The van der Waals surface area contributed by atoms with E-state index in [1.807, 2.05) is 12.1 Å². The monoisotopic (exact) mass is 324 g/mol. The SMILES string of the molecule is COc1ccc(CNC2C[C@@H]3CN(S(C)(=O)=O)C[C@@H]3C2)cc1. The number of ether oxygens (including phenoxy) is 1. The number of hydrogen-bond donors (Lipinski definition) is 1. The molecular weight excluding hydrogens is 300 g/mol. The van der Waals surface area contributed by atoms with E-state index in [2.05, 4.69) is 17.4 Å². The molecule has 5 nitrogen and oxygen atoms in total. The fourth-order valence-electron chi connectivity index (χ4n) is 3.70. The number of fused-ring (bicyclic) bond motifs is 1. The summed E-state index contributed by atoms with van der Waals surface area (Å²) in [5, 5.41) is 3.61. The second-order valence-corrected chi connectivity index (χ2v) is 8.48. The van der Waals surface area contributed by atoms with Crippen LogP contribution in [0.1, 0.15) is 18.4 Å². The minimum Gasteiger partial charge on any atom is -0.497 e. The van der Waals surface area contributed by atoms with Gasteiger partial charge in [-0.2, -0.15) is 0 Å². The van der Waals surface area contributed by atoms with Gasteiger partial charge in [-0.15, -0.1) is 0 Å². The summed E-state index contributed by atoms with van der Waals surface area (Å²) in [5.74, 6) is 1.91. The van der Waals surface area contributed by atoms with Crippen molar-refractivity contribution in [1.82, 2.24) is 9.62 Å². The molecule has 1 aliphatic carbocycles. The Morgan fingerprint density at radius 1 is 1.18 bits per heavy atom. The Labute approximate surface area is 132 Å². The molecule has 6 heteroatoms. The van der Waals surface area contributed by atoms with Crippen LogP contribution in [-0.2, 0) is 16.6 Å². The van der Waals surface area contributed by atoms with E-state index in [9.17, 15) is 8.42 Å². The van der Waals surface area contributed by atoms with Gasteiger partial charge in [0.2, 0.25) is 10.0 Å². The van der Waals surface area contributed by atoms with E-state index in [0.717, 1.165) is 25.1 Å². The third-order valence-electron chi connectivity index (χ3n) is 4.94. The molecule has 1 aromatic rings. The number of rotatable bonds is 5. The summed E-state index contributed by atoms with van der Waals surface area (Å²) < 4.78 is 30.0. The molecule has 1 aromatic carbocycles. The maximum atomic E-state index is 11.6. The van der Waals surface area contributed by atoms with E-state index in [0.29, 0.717) is 31.0 Å². The lowest BCUT2D eigenvalue weighted by Gasteiger charge is -2.18. The highest BCUT2D eigenvalue weighted by molar-refractivity contribution is 7.88. The van der Waals surface area contributed by atoms with E-state index >= 15 is 0 Å². The highest BCUT2D eigenvalue weighted by Gasteiger charge is 2.43. The summed E-state index contributed by atoms with van der Waals surface area (Å²) in [6.07, 6.45) is 3.47.